The number of hydrogen-bond donors (Lipinski definition) is 1. The van der Waals surface area contributed by atoms with Gasteiger partial charge in [0.15, 0.2) is 0 Å². The summed E-state index contributed by atoms with van der Waals surface area (Å²) in [5.74, 6) is -0.0348. The number of aryl methyl sites for hydroxylation is 1. The molecule has 0 bridgehead atoms. The highest BCUT2D eigenvalue weighted by Gasteiger charge is 2.19. The first-order valence-electron chi connectivity index (χ1n) is 8.72. The fourth-order valence-electron chi connectivity index (χ4n) is 2.65. The van der Waals surface area contributed by atoms with Gasteiger partial charge >= 0.3 is 5.97 Å². The maximum atomic E-state index is 12.8. The Hall–Kier alpha value is -3.19. The van der Waals surface area contributed by atoms with E-state index in [-0.39, 0.29) is 5.91 Å². The average Bonchev–Trinajstić information content (AvgIpc) is 3.10. The summed E-state index contributed by atoms with van der Waals surface area (Å²) in [5, 5.41) is 3.53. The minimum atomic E-state index is -0.507. The molecule has 0 aliphatic heterocycles. The van der Waals surface area contributed by atoms with Crippen LogP contribution in [0.3, 0.4) is 0 Å². The number of ether oxygens (including phenoxy) is 2. The number of aromatic nitrogens is 1. The Bertz CT molecular complexity index is 996. The normalized spacial score (nSPS) is 10.4. The molecule has 6 nitrogen and oxygen atoms in total. The molecule has 3 rings (SSSR count). The molecule has 0 fully saturated rings. The zero-order valence-electron chi connectivity index (χ0n) is 15.8. The minimum Gasteiger partial charge on any atom is -0.494 e. The van der Waals surface area contributed by atoms with Crippen molar-refractivity contribution >= 4 is 28.9 Å². The molecule has 1 N–H and O–H groups in total. The monoisotopic (exact) mass is 396 g/mol. The number of carbonyl (C=O) groups excluding carboxylic acids is 2. The van der Waals surface area contributed by atoms with E-state index in [1.165, 1.54) is 18.4 Å². The van der Waals surface area contributed by atoms with Gasteiger partial charge in [0.05, 0.1) is 30.7 Å². The smallest absolute Gasteiger partial charge is 0.339 e. The molecule has 0 spiro atoms. The number of rotatable bonds is 6. The van der Waals surface area contributed by atoms with E-state index in [4.69, 9.17) is 9.47 Å². The van der Waals surface area contributed by atoms with Crippen LogP contribution in [0.25, 0.3) is 10.6 Å². The molecular weight excluding hydrogens is 376 g/mol. The lowest BCUT2D eigenvalue weighted by atomic mass is 10.1. The number of esters is 1. The third-order valence-corrected chi connectivity index (χ3v) is 5.20. The van der Waals surface area contributed by atoms with E-state index in [0.29, 0.717) is 28.4 Å². The van der Waals surface area contributed by atoms with Gasteiger partial charge in [-0.3, -0.25) is 4.79 Å². The van der Waals surface area contributed by atoms with Crippen LogP contribution in [0.1, 0.15) is 32.6 Å². The summed E-state index contributed by atoms with van der Waals surface area (Å²) in [6.45, 7) is 4.32. The van der Waals surface area contributed by atoms with Crippen LogP contribution >= 0.6 is 11.3 Å². The maximum Gasteiger partial charge on any atom is 0.339 e. The van der Waals surface area contributed by atoms with Gasteiger partial charge in [0.25, 0.3) is 5.91 Å². The molecule has 0 aliphatic rings. The average molecular weight is 396 g/mol. The highest BCUT2D eigenvalue weighted by atomic mass is 32.1. The second kappa shape index (κ2) is 8.67. The van der Waals surface area contributed by atoms with Crippen molar-refractivity contribution in [3.63, 3.8) is 0 Å². The third kappa shape index (κ3) is 4.20. The number of anilines is 1. The van der Waals surface area contributed by atoms with Gasteiger partial charge in [-0.15, -0.1) is 11.3 Å². The SMILES string of the molecule is CCOc1ccc(-c2nc(C)c(C(=O)Nc3ccccc3C(=O)OC)s2)cc1. The Labute approximate surface area is 167 Å². The second-order valence-electron chi connectivity index (χ2n) is 5.88. The van der Waals surface area contributed by atoms with Crippen molar-refractivity contribution in [3.05, 3.63) is 64.7 Å². The molecule has 28 heavy (non-hydrogen) atoms. The molecule has 0 saturated carbocycles. The summed E-state index contributed by atoms with van der Waals surface area (Å²) < 4.78 is 10.2. The van der Waals surface area contributed by atoms with Gasteiger partial charge in [0, 0.05) is 5.56 Å². The second-order valence-corrected chi connectivity index (χ2v) is 6.88. The van der Waals surface area contributed by atoms with E-state index in [2.05, 4.69) is 10.3 Å². The lowest BCUT2D eigenvalue weighted by Crippen LogP contribution is -2.15. The molecule has 2 aromatic carbocycles. The van der Waals surface area contributed by atoms with E-state index in [1.54, 1.807) is 31.2 Å². The Balaban J connectivity index is 1.83. The van der Waals surface area contributed by atoms with Crippen LogP contribution in [-0.2, 0) is 4.74 Å². The number of thiazole rings is 1. The van der Waals surface area contributed by atoms with E-state index in [0.717, 1.165) is 16.3 Å². The van der Waals surface area contributed by atoms with Crippen molar-refractivity contribution in [1.82, 2.24) is 4.98 Å². The van der Waals surface area contributed by atoms with Crippen LogP contribution in [0.2, 0.25) is 0 Å². The van der Waals surface area contributed by atoms with Gasteiger partial charge in [0.2, 0.25) is 0 Å². The predicted octanol–water partition coefficient (Wildman–Crippen LogP) is 4.56. The van der Waals surface area contributed by atoms with Gasteiger partial charge in [-0.25, -0.2) is 9.78 Å². The summed E-state index contributed by atoms with van der Waals surface area (Å²) >= 11 is 1.30. The number of carbonyl (C=O) groups is 2. The first-order chi connectivity index (χ1) is 13.5. The predicted molar refractivity (Wildman–Crippen MR) is 109 cm³/mol. The summed E-state index contributed by atoms with van der Waals surface area (Å²) in [7, 11) is 1.30. The molecule has 1 aromatic heterocycles. The molecule has 0 unspecified atom stereocenters. The quantitative estimate of drug-likeness (QED) is 0.618. The number of nitrogens with one attached hydrogen (secondary N) is 1. The standard InChI is InChI=1S/C21H20N2O4S/c1-4-27-15-11-9-14(10-12-15)20-22-13(2)18(28-20)19(24)23-17-8-6-5-7-16(17)21(25)26-3/h5-12H,4H2,1-3H3,(H,23,24). The Kier molecular flexibility index (Phi) is 6.06. The fourth-order valence-corrected chi connectivity index (χ4v) is 3.62. The van der Waals surface area contributed by atoms with Crippen LogP contribution in [-0.4, -0.2) is 30.6 Å². The number of nitrogens with zero attached hydrogens (tertiary/aromatic N) is 1. The fraction of sp³-hybridized carbons (Fsp3) is 0.190. The molecule has 7 heteroatoms. The van der Waals surface area contributed by atoms with Gasteiger partial charge in [-0.2, -0.15) is 0 Å². The summed E-state index contributed by atoms with van der Waals surface area (Å²) in [6.07, 6.45) is 0. The van der Waals surface area contributed by atoms with E-state index in [9.17, 15) is 9.59 Å². The molecule has 3 aromatic rings. The third-order valence-electron chi connectivity index (χ3n) is 4.00. The lowest BCUT2D eigenvalue weighted by molar-refractivity contribution is 0.0602. The minimum absolute atomic E-state index is 0.298. The van der Waals surface area contributed by atoms with Gasteiger partial charge < -0.3 is 14.8 Å². The van der Waals surface area contributed by atoms with Crippen molar-refractivity contribution in [1.29, 1.82) is 0 Å². The van der Waals surface area contributed by atoms with Crippen molar-refractivity contribution in [2.24, 2.45) is 0 Å². The van der Waals surface area contributed by atoms with Crippen molar-refractivity contribution < 1.29 is 19.1 Å². The summed E-state index contributed by atoms with van der Waals surface area (Å²) in [5.41, 5.74) is 2.23. The zero-order valence-corrected chi connectivity index (χ0v) is 16.6. The van der Waals surface area contributed by atoms with E-state index < -0.39 is 5.97 Å². The van der Waals surface area contributed by atoms with Crippen molar-refractivity contribution in [2.45, 2.75) is 13.8 Å². The highest BCUT2D eigenvalue weighted by Crippen LogP contribution is 2.30. The molecule has 0 atom stereocenters. The lowest BCUT2D eigenvalue weighted by Gasteiger charge is -2.08. The van der Waals surface area contributed by atoms with Crippen LogP contribution in [0, 0.1) is 6.92 Å². The molecular formula is C21H20N2O4S. The maximum absolute atomic E-state index is 12.8. The Morgan fingerprint density at radius 2 is 1.82 bits per heavy atom. The number of hydrogen-bond acceptors (Lipinski definition) is 6. The Morgan fingerprint density at radius 1 is 1.11 bits per heavy atom. The van der Waals surface area contributed by atoms with Crippen LogP contribution in [0.15, 0.2) is 48.5 Å². The highest BCUT2D eigenvalue weighted by molar-refractivity contribution is 7.17. The van der Waals surface area contributed by atoms with Crippen molar-refractivity contribution in [3.8, 4) is 16.3 Å². The van der Waals surface area contributed by atoms with Gasteiger partial charge in [-0.05, 0) is 50.2 Å². The van der Waals surface area contributed by atoms with E-state index >= 15 is 0 Å². The van der Waals surface area contributed by atoms with Crippen LogP contribution in [0.5, 0.6) is 5.75 Å². The number of para-hydroxylation sites is 1. The number of benzene rings is 2. The summed E-state index contributed by atoms with van der Waals surface area (Å²) in [6, 6.07) is 14.3. The molecule has 1 heterocycles. The van der Waals surface area contributed by atoms with Gasteiger partial charge in [-0.1, -0.05) is 12.1 Å². The van der Waals surface area contributed by atoms with Gasteiger partial charge in [0.1, 0.15) is 15.6 Å². The zero-order chi connectivity index (χ0) is 20.1. The first kappa shape index (κ1) is 19.6. The van der Waals surface area contributed by atoms with Crippen LogP contribution < -0.4 is 10.1 Å². The molecule has 144 valence electrons. The van der Waals surface area contributed by atoms with Crippen molar-refractivity contribution in [2.75, 3.05) is 19.0 Å². The first-order valence-corrected chi connectivity index (χ1v) is 9.54. The molecule has 0 radical (unpaired) electrons. The number of amides is 1. The summed E-state index contributed by atoms with van der Waals surface area (Å²) in [4.78, 5) is 29.7. The molecule has 0 aliphatic carbocycles. The molecule has 1 amide bonds. The van der Waals surface area contributed by atoms with E-state index in [1.807, 2.05) is 31.2 Å². The molecule has 0 saturated heterocycles. The Morgan fingerprint density at radius 3 is 2.50 bits per heavy atom. The van der Waals surface area contributed by atoms with Crippen LogP contribution in [0.4, 0.5) is 5.69 Å². The number of methoxy groups -OCH3 is 1. The largest absolute Gasteiger partial charge is 0.494 e. The topological polar surface area (TPSA) is 77.5 Å².